The molecular weight excluding hydrogens is 280 g/mol. The van der Waals surface area contributed by atoms with E-state index in [4.69, 9.17) is 0 Å². The zero-order valence-electron chi connectivity index (χ0n) is 15.8. The molecule has 1 nitrogen and oxygen atoms in total. The standard InChI is InChI=1S/C22H36O/c1-21(2,3)11-7-5-9-18-15-19(17-20(23)16-18)10-6-8-12-22(4)13-14-22/h15-17,23H,5-14H2,1-4H3. The molecule has 0 spiro atoms. The highest BCUT2D eigenvalue weighted by molar-refractivity contribution is 5.33. The summed E-state index contributed by atoms with van der Waals surface area (Å²) in [5.41, 5.74) is 3.74. The van der Waals surface area contributed by atoms with Gasteiger partial charge in [-0.25, -0.2) is 0 Å². The van der Waals surface area contributed by atoms with Gasteiger partial charge in [0.15, 0.2) is 0 Å². The van der Waals surface area contributed by atoms with Crippen LogP contribution in [-0.4, -0.2) is 5.11 Å². The van der Waals surface area contributed by atoms with Gasteiger partial charge in [0, 0.05) is 0 Å². The van der Waals surface area contributed by atoms with Gasteiger partial charge in [0.25, 0.3) is 0 Å². The van der Waals surface area contributed by atoms with E-state index in [-0.39, 0.29) is 0 Å². The molecule has 1 N–H and O–H groups in total. The van der Waals surface area contributed by atoms with E-state index < -0.39 is 0 Å². The third kappa shape index (κ3) is 7.42. The van der Waals surface area contributed by atoms with Crippen molar-refractivity contribution in [2.75, 3.05) is 0 Å². The summed E-state index contributed by atoms with van der Waals surface area (Å²) in [5.74, 6) is 0.447. The molecule has 1 aliphatic carbocycles. The van der Waals surface area contributed by atoms with Crippen LogP contribution in [-0.2, 0) is 12.8 Å². The molecule has 1 fully saturated rings. The lowest BCUT2D eigenvalue weighted by Gasteiger charge is -2.17. The van der Waals surface area contributed by atoms with E-state index in [2.05, 4.69) is 33.8 Å². The summed E-state index contributed by atoms with van der Waals surface area (Å²) < 4.78 is 0. The Hall–Kier alpha value is -0.980. The molecule has 0 atom stereocenters. The number of unbranched alkanes of at least 4 members (excludes halogenated alkanes) is 2. The molecule has 1 aromatic carbocycles. The van der Waals surface area contributed by atoms with Crippen LogP contribution in [0.25, 0.3) is 0 Å². The van der Waals surface area contributed by atoms with E-state index >= 15 is 0 Å². The van der Waals surface area contributed by atoms with Crippen LogP contribution in [0.5, 0.6) is 5.75 Å². The van der Waals surface area contributed by atoms with Crippen molar-refractivity contribution < 1.29 is 5.11 Å². The molecule has 1 heteroatoms. The van der Waals surface area contributed by atoms with E-state index in [9.17, 15) is 5.11 Å². The van der Waals surface area contributed by atoms with Crippen LogP contribution in [0.3, 0.4) is 0 Å². The number of phenolic OH excluding ortho intramolecular Hbond substituents is 1. The second kappa shape index (κ2) is 7.73. The number of aromatic hydroxyl groups is 1. The van der Waals surface area contributed by atoms with Crippen LogP contribution in [0.4, 0.5) is 0 Å². The third-order valence-electron chi connectivity index (χ3n) is 5.28. The quantitative estimate of drug-likeness (QED) is 0.505. The molecule has 1 saturated carbocycles. The lowest BCUT2D eigenvalue weighted by Crippen LogP contribution is -2.04. The predicted molar refractivity (Wildman–Crippen MR) is 100 cm³/mol. The highest BCUT2D eigenvalue weighted by atomic mass is 16.3. The Labute approximate surface area is 143 Å². The summed E-state index contributed by atoms with van der Waals surface area (Å²) in [6.07, 6.45) is 12.8. The van der Waals surface area contributed by atoms with E-state index in [1.54, 1.807) is 0 Å². The van der Waals surface area contributed by atoms with Crippen LogP contribution in [0, 0.1) is 10.8 Å². The molecular formula is C22H36O. The van der Waals surface area contributed by atoms with Crippen molar-refractivity contribution in [1.29, 1.82) is 0 Å². The first-order valence-electron chi connectivity index (χ1n) is 9.58. The number of hydrogen-bond acceptors (Lipinski definition) is 1. The minimum absolute atomic E-state index is 0.433. The summed E-state index contributed by atoms with van der Waals surface area (Å²) in [7, 11) is 0. The largest absolute Gasteiger partial charge is 0.508 e. The van der Waals surface area contributed by atoms with Gasteiger partial charge < -0.3 is 5.11 Å². The van der Waals surface area contributed by atoms with Crippen LogP contribution in [0.2, 0.25) is 0 Å². The van der Waals surface area contributed by atoms with E-state index in [0.717, 1.165) is 12.8 Å². The topological polar surface area (TPSA) is 20.2 Å². The van der Waals surface area contributed by atoms with Crippen LogP contribution >= 0.6 is 0 Å². The second-order valence-electron chi connectivity index (χ2n) is 9.29. The van der Waals surface area contributed by atoms with E-state index in [1.165, 1.54) is 62.5 Å². The highest BCUT2D eigenvalue weighted by Crippen LogP contribution is 2.49. The fourth-order valence-electron chi connectivity index (χ4n) is 3.36. The predicted octanol–water partition coefficient (Wildman–Crippen LogP) is 6.66. The Morgan fingerprint density at radius 3 is 2.00 bits per heavy atom. The molecule has 2 rings (SSSR count). The smallest absolute Gasteiger partial charge is 0.116 e. The first kappa shape index (κ1) is 18.4. The van der Waals surface area contributed by atoms with Crippen LogP contribution in [0.1, 0.15) is 90.2 Å². The lowest BCUT2D eigenvalue weighted by molar-refractivity contribution is 0.360. The first-order chi connectivity index (χ1) is 10.8. The Balaban J connectivity index is 1.73. The number of rotatable bonds is 9. The van der Waals surface area contributed by atoms with E-state index in [0.29, 0.717) is 16.6 Å². The number of phenols is 1. The Morgan fingerprint density at radius 1 is 0.913 bits per heavy atom. The van der Waals surface area contributed by atoms with Crippen LogP contribution in [0.15, 0.2) is 18.2 Å². The molecule has 0 radical (unpaired) electrons. The van der Waals surface area contributed by atoms with Crippen molar-refractivity contribution in [2.45, 2.75) is 91.9 Å². The Kier molecular flexibility index (Phi) is 6.17. The second-order valence-corrected chi connectivity index (χ2v) is 9.29. The molecule has 1 aromatic rings. The molecule has 0 heterocycles. The molecule has 0 saturated heterocycles. The molecule has 0 bridgehead atoms. The zero-order chi connectivity index (χ0) is 16.9. The summed E-state index contributed by atoms with van der Waals surface area (Å²) in [6.45, 7) is 9.33. The summed E-state index contributed by atoms with van der Waals surface area (Å²) >= 11 is 0. The van der Waals surface area contributed by atoms with Gasteiger partial charge in [-0.05, 0) is 85.5 Å². The van der Waals surface area contributed by atoms with Crippen molar-refractivity contribution >= 4 is 0 Å². The maximum absolute atomic E-state index is 9.98. The third-order valence-corrected chi connectivity index (χ3v) is 5.28. The van der Waals surface area contributed by atoms with Crippen molar-refractivity contribution in [3.8, 4) is 5.75 Å². The average Bonchev–Trinajstić information content (AvgIpc) is 3.17. The van der Waals surface area contributed by atoms with E-state index in [1.807, 2.05) is 12.1 Å². The molecule has 0 unspecified atom stereocenters. The van der Waals surface area contributed by atoms with Gasteiger partial charge in [-0.2, -0.15) is 0 Å². The van der Waals surface area contributed by atoms with Gasteiger partial charge in [-0.3, -0.25) is 0 Å². The van der Waals surface area contributed by atoms with Gasteiger partial charge >= 0.3 is 0 Å². The summed E-state index contributed by atoms with van der Waals surface area (Å²) in [5, 5.41) is 9.98. The van der Waals surface area contributed by atoms with Gasteiger partial charge in [0.05, 0.1) is 0 Å². The van der Waals surface area contributed by atoms with Gasteiger partial charge in [-0.15, -0.1) is 0 Å². The number of hydrogen-bond donors (Lipinski definition) is 1. The fourth-order valence-corrected chi connectivity index (χ4v) is 3.36. The number of benzene rings is 1. The molecule has 0 aromatic heterocycles. The minimum atomic E-state index is 0.433. The van der Waals surface area contributed by atoms with Gasteiger partial charge in [0.2, 0.25) is 0 Å². The fraction of sp³-hybridized carbons (Fsp3) is 0.727. The normalized spacial score (nSPS) is 16.5. The Bertz CT molecular complexity index is 460. The highest BCUT2D eigenvalue weighted by Gasteiger charge is 2.35. The first-order valence-corrected chi connectivity index (χ1v) is 9.58. The van der Waals surface area contributed by atoms with Crippen molar-refractivity contribution in [3.63, 3.8) is 0 Å². The van der Waals surface area contributed by atoms with Gasteiger partial charge in [-0.1, -0.05) is 46.6 Å². The maximum atomic E-state index is 9.98. The summed E-state index contributed by atoms with van der Waals surface area (Å²) in [6, 6.07) is 6.22. The molecule has 23 heavy (non-hydrogen) atoms. The van der Waals surface area contributed by atoms with Crippen molar-refractivity contribution in [1.82, 2.24) is 0 Å². The molecule has 0 aliphatic heterocycles. The molecule has 130 valence electrons. The minimum Gasteiger partial charge on any atom is -0.508 e. The van der Waals surface area contributed by atoms with Crippen molar-refractivity contribution in [3.05, 3.63) is 29.3 Å². The molecule has 0 amide bonds. The maximum Gasteiger partial charge on any atom is 0.116 e. The SMILES string of the molecule is CC(C)(C)CCCCc1cc(O)cc(CCCCC2(C)CC2)c1. The number of aryl methyl sites for hydroxylation is 2. The Morgan fingerprint density at radius 2 is 1.48 bits per heavy atom. The molecule has 1 aliphatic rings. The van der Waals surface area contributed by atoms with Gasteiger partial charge in [0.1, 0.15) is 5.75 Å². The zero-order valence-corrected chi connectivity index (χ0v) is 15.8. The average molecular weight is 317 g/mol. The lowest BCUT2D eigenvalue weighted by atomic mass is 9.89. The summed E-state index contributed by atoms with van der Waals surface area (Å²) in [4.78, 5) is 0. The van der Waals surface area contributed by atoms with Crippen molar-refractivity contribution in [2.24, 2.45) is 10.8 Å². The van der Waals surface area contributed by atoms with Crippen LogP contribution < -0.4 is 0 Å². The monoisotopic (exact) mass is 316 g/mol.